The normalized spacial score (nSPS) is 11.9. The van der Waals surface area contributed by atoms with Crippen LogP contribution in [0.4, 0.5) is 0 Å². The van der Waals surface area contributed by atoms with E-state index in [1.54, 1.807) is 0 Å². The number of benzene rings is 10. The second-order valence-corrected chi connectivity index (χ2v) is 15.1. The maximum absolute atomic E-state index is 5.06. The van der Waals surface area contributed by atoms with Gasteiger partial charge in [0.1, 0.15) is 5.82 Å². The van der Waals surface area contributed by atoms with Gasteiger partial charge in [-0.05, 0) is 117 Å². The van der Waals surface area contributed by atoms with Crippen molar-refractivity contribution < 1.29 is 0 Å². The molecular formula is C55H34N2. The molecule has 0 aliphatic carbocycles. The van der Waals surface area contributed by atoms with Crippen molar-refractivity contribution in [3.05, 3.63) is 206 Å². The highest BCUT2D eigenvalue weighted by Crippen LogP contribution is 2.43. The monoisotopic (exact) mass is 722 g/mol. The molecule has 264 valence electrons. The lowest BCUT2D eigenvalue weighted by Crippen LogP contribution is -1.97. The SMILES string of the molecule is c1ccc(-c2nc3ccccc3n2-c2ccc(-c3ccc(-c4ccc5c(c4)c4ccccc4c4cccc6ccc7cccc5c7c64)c4ccccc34)cc2)cc1. The van der Waals surface area contributed by atoms with Gasteiger partial charge in [-0.2, -0.15) is 0 Å². The maximum Gasteiger partial charge on any atom is 0.145 e. The summed E-state index contributed by atoms with van der Waals surface area (Å²) in [5.74, 6) is 0.941. The summed E-state index contributed by atoms with van der Waals surface area (Å²) in [5.41, 5.74) is 9.09. The number of hydrogen-bond donors (Lipinski definition) is 0. The molecule has 0 spiro atoms. The molecule has 12 aromatic rings. The lowest BCUT2D eigenvalue weighted by molar-refractivity contribution is 1.10. The number of para-hydroxylation sites is 2. The van der Waals surface area contributed by atoms with Gasteiger partial charge >= 0.3 is 0 Å². The van der Waals surface area contributed by atoms with Crippen LogP contribution in [0.25, 0.3) is 115 Å². The van der Waals surface area contributed by atoms with Crippen LogP contribution in [0.1, 0.15) is 0 Å². The molecule has 0 atom stereocenters. The molecule has 11 aromatic carbocycles. The number of nitrogens with zero attached hydrogens (tertiary/aromatic N) is 2. The van der Waals surface area contributed by atoms with Crippen molar-refractivity contribution in [1.82, 2.24) is 9.55 Å². The summed E-state index contributed by atoms with van der Waals surface area (Å²) in [6, 6.07) is 75.3. The minimum absolute atomic E-state index is 0.941. The van der Waals surface area contributed by atoms with Gasteiger partial charge in [-0.25, -0.2) is 4.98 Å². The van der Waals surface area contributed by atoms with Gasteiger partial charge in [0, 0.05) is 11.3 Å². The molecule has 1 aromatic heterocycles. The Labute approximate surface area is 329 Å². The Kier molecular flexibility index (Phi) is 6.96. The van der Waals surface area contributed by atoms with E-state index in [0.29, 0.717) is 0 Å². The Bertz CT molecular complexity index is 3560. The van der Waals surface area contributed by atoms with E-state index in [1.165, 1.54) is 86.9 Å². The Morgan fingerprint density at radius 1 is 0.316 bits per heavy atom. The summed E-state index contributed by atoms with van der Waals surface area (Å²) in [7, 11) is 0. The fourth-order valence-electron chi connectivity index (χ4n) is 9.39. The highest BCUT2D eigenvalue weighted by atomic mass is 15.1. The highest BCUT2D eigenvalue weighted by Gasteiger charge is 2.17. The van der Waals surface area contributed by atoms with E-state index < -0.39 is 0 Å². The fourth-order valence-corrected chi connectivity index (χ4v) is 9.39. The van der Waals surface area contributed by atoms with Gasteiger partial charge in [-0.3, -0.25) is 4.57 Å². The molecule has 0 fully saturated rings. The van der Waals surface area contributed by atoms with Crippen molar-refractivity contribution in [2.45, 2.75) is 0 Å². The van der Waals surface area contributed by atoms with Gasteiger partial charge in [-0.15, -0.1) is 0 Å². The zero-order valence-corrected chi connectivity index (χ0v) is 31.0. The first-order valence-electron chi connectivity index (χ1n) is 19.6. The number of hydrogen-bond acceptors (Lipinski definition) is 1. The van der Waals surface area contributed by atoms with E-state index in [-0.39, 0.29) is 0 Å². The molecule has 0 aliphatic heterocycles. The van der Waals surface area contributed by atoms with Crippen LogP contribution in [0, 0.1) is 0 Å². The van der Waals surface area contributed by atoms with Crippen LogP contribution in [-0.4, -0.2) is 9.55 Å². The van der Waals surface area contributed by atoms with Gasteiger partial charge in [0.25, 0.3) is 0 Å². The largest absolute Gasteiger partial charge is 0.292 e. The zero-order valence-electron chi connectivity index (χ0n) is 31.0. The maximum atomic E-state index is 5.06. The molecule has 0 radical (unpaired) electrons. The van der Waals surface area contributed by atoms with Gasteiger partial charge in [0.2, 0.25) is 0 Å². The molecule has 0 N–H and O–H groups in total. The van der Waals surface area contributed by atoms with Crippen LogP contribution >= 0.6 is 0 Å². The molecule has 0 saturated carbocycles. The Morgan fingerprint density at radius 2 is 0.842 bits per heavy atom. The molecule has 0 unspecified atom stereocenters. The molecule has 0 amide bonds. The third kappa shape index (κ3) is 4.87. The van der Waals surface area contributed by atoms with Crippen molar-refractivity contribution in [1.29, 1.82) is 0 Å². The van der Waals surface area contributed by atoms with E-state index in [9.17, 15) is 0 Å². The number of rotatable bonds is 4. The summed E-state index contributed by atoms with van der Waals surface area (Å²) < 4.78 is 2.27. The molecule has 2 nitrogen and oxygen atoms in total. The number of fused-ring (bicyclic) bond motifs is 7. The number of imidazole rings is 1. The molecule has 0 bridgehead atoms. The predicted molar refractivity (Wildman–Crippen MR) is 242 cm³/mol. The van der Waals surface area contributed by atoms with Crippen molar-refractivity contribution in [3.63, 3.8) is 0 Å². The molecule has 12 rings (SSSR count). The number of aromatic nitrogens is 2. The molecular weight excluding hydrogens is 689 g/mol. The average molecular weight is 723 g/mol. The van der Waals surface area contributed by atoms with Crippen molar-refractivity contribution in [3.8, 4) is 39.3 Å². The van der Waals surface area contributed by atoms with Crippen LogP contribution in [0.5, 0.6) is 0 Å². The topological polar surface area (TPSA) is 17.8 Å². The second kappa shape index (κ2) is 12.5. The van der Waals surface area contributed by atoms with Crippen LogP contribution in [0.15, 0.2) is 206 Å². The van der Waals surface area contributed by atoms with Crippen LogP contribution in [0.3, 0.4) is 0 Å². The summed E-state index contributed by atoms with van der Waals surface area (Å²) in [6.45, 7) is 0. The summed E-state index contributed by atoms with van der Waals surface area (Å²) >= 11 is 0. The summed E-state index contributed by atoms with van der Waals surface area (Å²) in [6.07, 6.45) is 0. The molecule has 0 saturated heterocycles. The van der Waals surface area contributed by atoms with Gasteiger partial charge in [0.05, 0.1) is 11.0 Å². The van der Waals surface area contributed by atoms with E-state index >= 15 is 0 Å². The summed E-state index contributed by atoms with van der Waals surface area (Å²) in [5, 5.41) is 15.3. The second-order valence-electron chi connectivity index (χ2n) is 15.1. The smallest absolute Gasteiger partial charge is 0.145 e. The van der Waals surface area contributed by atoms with E-state index in [1.807, 2.05) is 6.07 Å². The highest BCUT2D eigenvalue weighted by molar-refractivity contribution is 6.33. The lowest BCUT2D eigenvalue weighted by Gasteiger charge is -2.16. The van der Waals surface area contributed by atoms with E-state index in [4.69, 9.17) is 4.98 Å². The van der Waals surface area contributed by atoms with Gasteiger partial charge < -0.3 is 0 Å². The molecule has 0 aliphatic rings. The first kappa shape index (κ1) is 31.8. The minimum Gasteiger partial charge on any atom is -0.292 e. The summed E-state index contributed by atoms with van der Waals surface area (Å²) in [4.78, 5) is 5.06. The Morgan fingerprint density at radius 3 is 1.53 bits per heavy atom. The van der Waals surface area contributed by atoms with E-state index in [2.05, 4.69) is 205 Å². The predicted octanol–water partition coefficient (Wildman–Crippen LogP) is 14.9. The quantitative estimate of drug-likeness (QED) is 0.165. The lowest BCUT2D eigenvalue weighted by atomic mass is 9.88. The Balaban J connectivity index is 1.04. The molecule has 1 heterocycles. The first-order chi connectivity index (χ1) is 28.3. The fraction of sp³-hybridized carbons (Fsp3) is 0. The van der Waals surface area contributed by atoms with Crippen LogP contribution in [0.2, 0.25) is 0 Å². The van der Waals surface area contributed by atoms with Crippen molar-refractivity contribution in [2.75, 3.05) is 0 Å². The Hall–Kier alpha value is -7.55. The third-order valence-corrected chi connectivity index (χ3v) is 12.0. The van der Waals surface area contributed by atoms with Crippen molar-refractivity contribution in [2.24, 2.45) is 0 Å². The van der Waals surface area contributed by atoms with Crippen LogP contribution < -0.4 is 0 Å². The zero-order chi connectivity index (χ0) is 37.5. The van der Waals surface area contributed by atoms with E-state index in [0.717, 1.165) is 28.1 Å². The molecule has 2 heteroatoms. The van der Waals surface area contributed by atoms with Crippen molar-refractivity contribution >= 4 is 75.7 Å². The first-order valence-corrected chi connectivity index (χ1v) is 19.6. The standard InChI is InChI=1S/C55H34N2/c1-2-12-38(13-3-1)55-56-51-22-8-9-23-52(51)57(55)40-29-26-35(27-30-40)41-32-33-42(44-17-5-4-16-43(41)44)39-28-31-47-49-21-11-15-37-25-24-36-14-10-20-48(53(36)54(37)49)45-18-6-7-19-46(45)50(47)34-39/h1-34H. The third-order valence-electron chi connectivity index (χ3n) is 12.0. The minimum atomic E-state index is 0.941. The molecule has 57 heavy (non-hydrogen) atoms. The average Bonchev–Trinajstić information content (AvgIpc) is 3.68. The van der Waals surface area contributed by atoms with Gasteiger partial charge in [0.15, 0.2) is 0 Å². The van der Waals surface area contributed by atoms with Gasteiger partial charge in [-0.1, -0.05) is 176 Å². The van der Waals surface area contributed by atoms with Crippen LogP contribution in [-0.2, 0) is 0 Å².